The van der Waals surface area contributed by atoms with E-state index in [4.69, 9.17) is 10.3 Å². The van der Waals surface area contributed by atoms with E-state index < -0.39 is 5.97 Å². The van der Waals surface area contributed by atoms with Crippen molar-refractivity contribution in [2.75, 3.05) is 0 Å². The van der Waals surface area contributed by atoms with Gasteiger partial charge in [-0.1, -0.05) is 5.16 Å². The lowest BCUT2D eigenvalue weighted by Crippen LogP contribution is -2.06. The van der Waals surface area contributed by atoms with Crippen LogP contribution in [-0.2, 0) is 4.79 Å². The van der Waals surface area contributed by atoms with Gasteiger partial charge in [0.2, 0.25) is 0 Å². The van der Waals surface area contributed by atoms with Crippen molar-refractivity contribution >= 4 is 11.7 Å². The molecule has 0 saturated heterocycles. The number of hydrogen-bond acceptors (Lipinski definition) is 3. The Morgan fingerprint density at radius 3 is 2.14 bits per heavy atom. The second-order valence-corrected chi connectivity index (χ2v) is 0.991. The highest BCUT2D eigenvalue weighted by Gasteiger charge is 1.98. The van der Waals surface area contributed by atoms with E-state index in [0.717, 1.165) is 0 Å². The van der Waals surface area contributed by atoms with E-state index in [9.17, 15) is 4.79 Å². The van der Waals surface area contributed by atoms with Crippen molar-refractivity contribution < 1.29 is 15.1 Å². The number of carboxylic acids is 1. The lowest BCUT2D eigenvalue weighted by molar-refractivity contribution is -0.129. The van der Waals surface area contributed by atoms with Crippen LogP contribution in [0.1, 0.15) is 6.92 Å². The third-order valence-corrected chi connectivity index (χ3v) is 0.460. The molecule has 0 aliphatic heterocycles. The summed E-state index contributed by atoms with van der Waals surface area (Å²) in [4.78, 5) is 9.64. The number of oxime groups is 1. The molecule has 0 radical (unpaired) electrons. The summed E-state index contributed by atoms with van der Waals surface area (Å²) in [5, 5.41) is 18.0. The predicted molar refractivity (Wildman–Crippen MR) is 22.5 cm³/mol. The molecule has 0 spiro atoms. The molecular weight excluding hydrogens is 98.0 g/mol. The molecule has 0 amide bonds. The van der Waals surface area contributed by atoms with Crippen molar-refractivity contribution in [1.29, 1.82) is 0 Å². The average molecular weight is 103 g/mol. The minimum absolute atomic E-state index is 0.306. The Hall–Kier alpha value is -1.06. The van der Waals surface area contributed by atoms with Crippen LogP contribution in [0.25, 0.3) is 0 Å². The molecule has 4 nitrogen and oxygen atoms in total. The van der Waals surface area contributed by atoms with Crippen LogP contribution in [0.4, 0.5) is 0 Å². The number of carbonyl (C=O) groups is 1. The van der Waals surface area contributed by atoms with Crippen molar-refractivity contribution in [3.63, 3.8) is 0 Å². The minimum atomic E-state index is -1.21. The molecule has 7 heavy (non-hydrogen) atoms. The van der Waals surface area contributed by atoms with E-state index in [2.05, 4.69) is 5.16 Å². The Morgan fingerprint density at radius 2 is 2.14 bits per heavy atom. The quantitative estimate of drug-likeness (QED) is 0.277. The topological polar surface area (TPSA) is 69.9 Å². The number of nitrogens with zero attached hydrogens (tertiary/aromatic N) is 1. The largest absolute Gasteiger partial charge is 0.477 e. The third kappa shape index (κ3) is 1.75. The normalized spacial score (nSPS) is 11.3. The lowest BCUT2D eigenvalue weighted by Gasteiger charge is -1.81. The third-order valence-electron chi connectivity index (χ3n) is 0.460. The zero-order valence-corrected chi connectivity index (χ0v) is 3.75. The highest BCUT2D eigenvalue weighted by Crippen LogP contribution is 1.70. The van der Waals surface area contributed by atoms with E-state index in [-0.39, 0.29) is 5.71 Å². The van der Waals surface area contributed by atoms with E-state index in [1.165, 1.54) is 6.92 Å². The summed E-state index contributed by atoms with van der Waals surface area (Å²) >= 11 is 0. The fourth-order valence-corrected chi connectivity index (χ4v) is 0.0428. The summed E-state index contributed by atoms with van der Waals surface area (Å²) in [6.45, 7) is 1.20. The molecule has 0 aliphatic rings. The fourth-order valence-electron chi connectivity index (χ4n) is 0.0428. The maximum absolute atomic E-state index is 9.64. The number of carboxylic acid groups (broad SMARTS) is 1. The van der Waals surface area contributed by atoms with Gasteiger partial charge < -0.3 is 10.3 Å². The molecule has 0 unspecified atom stereocenters. The molecule has 40 valence electrons. The molecule has 0 atom stereocenters. The summed E-state index contributed by atoms with van der Waals surface area (Å²) in [5.41, 5.74) is -0.306. The van der Waals surface area contributed by atoms with Gasteiger partial charge in [0.25, 0.3) is 0 Å². The Labute approximate surface area is 40.1 Å². The van der Waals surface area contributed by atoms with Gasteiger partial charge in [-0.25, -0.2) is 4.79 Å². The van der Waals surface area contributed by atoms with Crippen molar-refractivity contribution in [2.24, 2.45) is 5.16 Å². The van der Waals surface area contributed by atoms with Gasteiger partial charge in [-0.05, 0) is 6.92 Å². The Morgan fingerprint density at radius 1 is 1.71 bits per heavy atom. The Bertz CT molecular complexity index is 107. The molecule has 0 heterocycles. The van der Waals surface area contributed by atoms with Crippen LogP contribution in [0, 0.1) is 0 Å². The van der Waals surface area contributed by atoms with Gasteiger partial charge in [0.1, 0.15) is 0 Å². The number of aliphatic carboxylic acids is 1. The standard InChI is InChI=1S/C3H5NO3/c1-2(4-7)3(5)6/h7H,1H3,(H,5,6)/b4-2-. The van der Waals surface area contributed by atoms with Gasteiger partial charge in [-0.2, -0.15) is 0 Å². The maximum atomic E-state index is 9.64. The first-order valence-corrected chi connectivity index (χ1v) is 1.60. The van der Waals surface area contributed by atoms with Crippen LogP contribution in [0.5, 0.6) is 0 Å². The second kappa shape index (κ2) is 2.17. The molecular formula is C3H5NO3. The van der Waals surface area contributed by atoms with Crippen LogP contribution in [-0.4, -0.2) is 22.0 Å². The van der Waals surface area contributed by atoms with Crippen molar-refractivity contribution in [3.8, 4) is 0 Å². The first-order chi connectivity index (χ1) is 3.18. The first-order valence-electron chi connectivity index (χ1n) is 1.60. The first kappa shape index (κ1) is 5.94. The number of hydrogen-bond donors (Lipinski definition) is 2. The monoisotopic (exact) mass is 103 g/mol. The predicted octanol–water partition coefficient (Wildman–Crippen LogP) is -0.0789. The molecule has 0 aromatic carbocycles. The molecule has 0 aliphatic carbocycles. The van der Waals surface area contributed by atoms with Crippen LogP contribution in [0.3, 0.4) is 0 Å². The fraction of sp³-hybridized carbons (Fsp3) is 0.333. The average Bonchev–Trinajstić information content (AvgIpc) is 1.65. The maximum Gasteiger partial charge on any atom is 0.353 e. The highest BCUT2D eigenvalue weighted by molar-refractivity contribution is 6.34. The number of rotatable bonds is 1. The van der Waals surface area contributed by atoms with Gasteiger partial charge in [0.05, 0.1) is 0 Å². The Balaban J connectivity index is 3.82. The summed E-state index contributed by atoms with van der Waals surface area (Å²) in [7, 11) is 0. The minimum Gasteiger partial charge on any atom is -0.477 e. The molecule has 2 N–H and O–H groups in total. The van der Waals surface area contributed by atoms with Crippen LogP contribution < -0.4 is 0 Å². The summed E-state index contributed by atoms with van der Waals surface area (Å²) in [6, 6.07) is 0. The molecule has 0 fully saturated rings. The van der Waals surface area contributed by atoms with Crippen LogP contribution in [0.2, 0.25) is 0 Å². The van der Waals surface area contributed by atoms with Gasteiger partial charge in [0.15, 0.2) is 5.71 Å². The molecule has 0 aromatic rings. The zero-order valence-electron chi connectivity index (χ0n) is 3.75. The van der Waals surface area contributed by atoms with E-state index >= 15 is 0 Å². The van der Waals surface area contributed by atoms with Crippen LogP contribution >= 0.6 is 0 Å². The van der Waals surface area contributed by atoms with Gasteiger partial charge in [-0.3, -0.25) is 0 Å². The van der Waals surface area contributed by atoms with Crippen LogP contribution in [0.15, 0.2) is 5.16 Å². The van der Waals surface area contributed by atoms with E-state index in [0.29, 0.717) is 0 Å². The van der Waals surface area contributed by atoms with Gasteiger partial charge in [0, 0.05) is 0 Å². The molecule has 0 saturated carbocycles. The highest BCUT2D eigenvalue weighted by atomic mass is 16.4. The zero-order chi connectivity index (χ0) is 5.86. The molecule has 0 aromatic heterocycles. The SMILES string of the molecule is C/C(=N/O)C(=O)O. The van der Waals surface area contributed by atoms with Gasteiger partial charge >= 0.3 is 5.97 Å². The van der Waals surface area contributed by atoms with E-state index in [1.807, 2.05) is 0 Å². The van der Waals surface area contributed by atoms with Crippen molar-refractivity contribution in [2.45, 2.75) is 6.92 Å². The Kier molecular flexibility index (Phi) is 1.84. The second-order valence-electron chi connectivity index (χ2n) is 0.991. The summed E-state index contributed by atoms with van der Waals surface area (Å²) in [5.74, 6) is -1.21. The van der Waals surface area contributed by atoms with Crippen molar-refractivity contribution in [1.82, 2.24) is 0 Å². The summed E-state index contributed by atoms with van der Waals surface area (Å²) < 4.78 is 0. The lowest BCUT2D eigenvalue weighted by atomic mass is 10.4. The molecule has 0 rings (SSSR count). The van der Waals surface area contributed by atoms with E-state index in [1.54, 1.807) is 0 Å². The summed E-state index contributed by atoms with van der Waals surface area (Å²) in [6.07, 6.45) is 0. The smallest absolute Gasteiger partial charge is 0.353 e. The van der Waals surface area contributed by atoms with Crippen molar-refractivity contribution in [3.05, 3.63) is 0 Å². The van der Waals surface area contributed by atoms with Gasteiger partial charge in [-0.15, -0.1) is 0 Å². The molecule has 0 bridgehead atoms. The molecule has 4 heteroatoms.